The first kappa shape index (κ1) is 16.0. The van der Waals surface area contributed by atoms with Gasteiger partial charge in [-0.2, -0.15) is 0 Å². The second-order valence-corrected chi connectivity index (χ2v) is 5.95. The van der Waals surface area contributed by atoms with Gasteiger partial charge in [-0.3, -0.25) is 9.69 Å². The van der Waals surface area contributed by atoms with Gasteiger partial charge in [-0.05, 0) is 35.5 Å². The number of fused-ring (bicyclic) bond motifs is 2. The Labute approximate surface area is 140 Å². The van der Waals surface area contributed by atoms with Crippen LogP contribution in [0.25, 0.3) is 0 Å². The maximum absolute atomic E-state index is 12.6. The van der Waals surface area contributed by atoms with Crippen LogP contribution in [0.15, 0.2) is 12.1 Å². The molecule has 3 rings (SSSR count). The highest BCUT2D eigenvalue weighted by Crippen LogP contribution is 2.37. The maximum Gasteiger partial charge on any atom is 0.251 e. The molecule has 1 amide bonds. The van der Waals surface area contributed by atoms with E-state index in [1.807, 2.05) is 17.0 Å². The molecule has 0 spiro atoms. The normalized spacial score (nSPS) is 19.7. The number of methoxy groups -OCH3 is 3. The highest BCUT2D eigenvalue weighted by molar-refractivity contribution is 7.80. The molecule has 7 heteroatoms. The van der Waals surface area contributed by atoms with Crippen molar-refractivity contribution in [3.05, 3.63) is 23.3 Å². The Morgan fingerprint density at radius 3 is 2.43 bits per heavy atom. The van der Waals surface area contributed by atoms with Gasteiger partial charge in [0.25, 0.3) is 5.91 Å². The summed E-state index contributed by atoms with van der Waals surface area (Å²) in [4.78, 5) is 16.3. The third-order valence-electron chi connectivity index (χ3n) is 4.38. The molecule has 23 heavy (non-hydrogen) atoms. The first-order valence-corrected chi connectivity index (χ1v) is 7.86. The van der Waals surface area contributed by atoms with Crippen LogP contribution in [0.4, 0.5) is 0 Å². The van der Waals surface area contributed by atoms with E-state index in [2.05, 4.69) is 0 Å². The predicted molar refractivity (Wildman–Crippen MR) is 88.8 cm³/mol. The highest BCUT2D eigenvalue weighted by atomic mass is 32.1. The minimum atomic E-state index is -0.232. The predicted octanol–water partition coefficient (Wildman–Crippen LogP) is 1.20. The lowest BCUT2D eigenvalue weighted by Crippen LogP contribution is -2.40. The Hall–Kier alpha value is -1.86. The van der Waals surface area contributed by atoms with Gasteiger partial charge in [0.1, 0.15) is 6.04 Å². The van der Waals surface area contributed by atoms with E-state index in [0.717, 1.165) is 11.1 Å². The molecular weight excluding hydrogens is 316 g/mol. The molecule has 2 aliphatic heterocycles. The second kappa shape index (κ2) is 6.33. The lowest BCUT2D eigenvalue weighted by Gasteiger charge is -2.31. The van der Waals surface area contributed by atoms with Crippen molar-refractivity contribution < 1.29 is 19.0 Å². The number of carbonyl (C=O) groups is 1. The average molecular weight is 336 g/mol. The van der Waals surface area contributed by atoms with Crippen molar-refractivity contribution in [1.29, 1.82) is 0 Å². The molecule has 0 aromatic heterocycles. The van der Waals surface area contributed by atoms with Gasteiger partial charge >= 0.3 is 0 Å². The smallest absolute Gasteiger partial charge is 0.251 e. The van der Waals surface area contributed by atoms with Crippen molar-refractivity contribution in [3.8, 4) is 11.5 Å². The molecule has 2 aliphatic rings. The molecule has 1 aromatic rings. The van der Waals surface area contributed by atoms with Gasteiger partial charge in [0, 0.05) is 20.1 Å². The van der Waals surface area contributed by atoms with Crippen molar-refractivity contribution in [3.63, 3.8) is 0 Å². The van der Waals surface area contributed by atoms with Crippen molar-refractivity contribution in [2.75, 3.05) is 34.5 Å². The summed E-state index contributed by atoms with van der Waals surface area (Å²) < 4.78 is 15.8. The summed E-state index contributed by atoms with van der Waals surface area (Å²) in [7, 11) is 4.85. The number of amides is 1. The van der Waals surface area contributed by atoms with Crippen LogP contribution in [0, 0.1) is 0 Å². The molecule has 124 valence electrons. The number of hydrogen-bond acceptors (Lipinski definition) is 5. The maximum atomic E-state index is 12.6. The fraction of sp³-hybridized carbons (Fsp3) is 0.500. The molecule has 0 bridgehead atoms. The van der Waals surface area contributed by atoms with Crippen LogP contribution in [0.5, 0.6) is 11.5 Å². The van der Waals surface area contributed by atoms with Crippen LogP contribution in [0.2, 0.25) is 0 Å². The van der Waals surface area contributed by atoms with Gasteiger partial charge in [-0.15, -0.1) is 0 Å². The molecule has 2 heterocycles. The minimum Gasteiger partial charge on any atom is -0.493 e. The SMILES string of the molecule is COCCN1C(=O)[C@@H]2Cc3cc(OC)c(OC)cc3CN2C1=S. The Morgan fingerprint density at radius 2 is 1.83 bits per heavy atom. The van der Waals surface area contributed by atoms with Gasteiger partial charge in [0.15, 0.2) is 16.6 Å². The summed E-state index contributed by atoms with van der Waals surface area (Å²) in [6.45, 7) is 1.57. The van der Waals surface area contributed by atoms with Gasteiger partial charge in [0.2, 0.25) is 0 Å². The number of thiocarbonyl (C=S) groups is 1. The summed E-state index contributed by atoms with van der Waals surface area (Å²) in [5.41, 5.74) is 2.22. The lowest BCUT2D eigenvalue weighted by molar-refractivity contribution is -0.128. The van der Waals surface area contributed by atoms with Crippen molar-refractivity contribution >= 4 is 23.2 Å². The van der Waals surface area contributed by atoms with E-state index in [4.69, 9.17) is 26.4 Å². The van der Waals surface area contributed by atoms with Crippen LogP contribution in [-0.4, -0.2) is 61.3 Å². The third kappa shape index (κ3) is 2.64. The molecule has 1 aromatic carbocycles. The zero-order valence-corrected chi connectivity index (χ0v) is 14.3. The monoisotopic (exact) mass is 336 g/mol. The molecule has 0 aliphatic carbocycles. The molecule has 1 fully saturated rings. The van der Waals surface area contributed by atoms with Crippen LogP contribution in [-0.2, 0) is 22.5 Å². The molecule has 6 nitrogen and oxygen atoms in total. The molecule has 0 saturated carbocycles. The van der Waals surface area contributed by atoms with E-state index in [1.165, 1.54) is 0 Å². The summed E-state index contributed by atoms with van der Waals surface area (Å²) in [6, 6.07) is 3.69. The van der Waals surface area contributed by atoms with Crippen LogP contribution in [0.1, 0.15) is 11.1 Å². The first-order valence-electron chi connectivity index (χ1n) is 7.45. The third-order valence-corrected chi connectivity index (χ3v) is 4.84. The van der Waals surface area contributed by atoms with Crippen molar-refractivity contribution in [2.24, 2.45) is 0 Å². The molecule has 0 unspecified atom stereocenters. The topological polar surface area (TPSA) is 51.2 Å². The van der Waals surface area contributed by atoms with Crippen LogP contribution < -0.4 is 9.47 Å². The number of carbonyl (C=O) groups excluding carboxylic acids is 1. The van der Waals surface area contributed by atoms with Crippen LogP contribution >= 0.6 is 12.2 Å². The summed E-state index contributed by atoms with van der Waals surface area (Å²) in [6.07, 6.45) is 0.623. The number of rotatable bonds is 5. The summed E-state index contributed by atoms with van der Waals surface area (Å²) in [5.74, 6) is 1.42. The Balaban J connectivity index is 1.90. The zero-order valence-electron chi connectivity index (χ0n) is 13.5. The van der Waals surface area contributed by atoms with E-state index >= 15 is 0 Å². The number of benzene rings is 1. The lowest BCUT2D eigenvalue weighted by atomic mass is 9.94. The van der Waals surface area contributed by atoms with E-state index < -0.39 is 0 Å². The fourth-order valence-corrected chi connectivity index (χ4v) is 3.52. The average Bonchev–Trinajstić information content (AvgIpc) is 2.80. The summed E-state index contributed by atoms with van der Waals surface area (Å²) >= 11 is 5.49. The van der Waals surface area contributed by atoms with E-state index in [0.29, 0.717) is 42.7 Å². The molecule has 0 N–H and O–H groups in total. The highest BCUT2D eigenvalue weighted by Gasteiger charge is 2.44. The molecular formula is C16H20N2O4S. The quantitative estimate of drug-likeness (QED) is 0.753. The molecule has 1 atom stereocenters. The first-order chi connectivity index (χ1) is 11.1. The fourth-order valence-electron chi connectivity index (χ4n) is 3.15. The van der Waals surface area contributed by atoms with Crippen molar-refractivity contribution in [1.82, 2.24) is 9.80 Å². The second-order valence-electron chi connectivity index (χ2n) is 5.59. The van der Waals surface area contributed by atoms with E-state index in [9.17, 15) is 4.79 Å². The minimum absolute atomic E-state index is 0.0486. The summed E-state index contributed by atoms with van der Waals surface area (Å²) in [5, 5.41) is 0.581. The van der Waals surface area contributed by atoms with Gasteiger partial charge in [-0.1, -0.05) is 0 Å². The Kier molecular flexibility index (Phi) is 4.41. The van der Waals surface area contributed by atoms with E-state index in [-0.39, 0.29) is 11.9 Å². The largest absolute Gasteiger partial charge is 0.493 e. The Bertz CT molecular complexity index is 598. The molecule has 0 radical (unpaired) electrons. The van der Waals surface area contributed by atoms with Gasteiger partial charge in [-0.25, -0.2) is 0 Å². The van der Waals surface area contributed by atoms with E-state index in [1.54, 1.807) is 26.2 Å². The number of ether oxygens (including phenoxy) is 3. The molecule has 1 saturated heterocycles. The zero-order chi connectivity index (χ0) is 16.6. The number of nitrogens with zero attached hydrogens (tertiary/aromatic N) is 2. The van der Waals surface area contributed by atoms with Crippen molar-refractivity contribution in [2.45, 2.75) is 19.0 Å². The van der Waals surface area contributed by atoms with Gasteiger partial charge in [0.05, 0.1) is 27.4 Å². The van der Waals surface area contributed by atoms with Crippen LogP contribution in [0.3, 0.4) is 0 Å². The standard InChI is InChI=1S/C16H20N2O4S/c1-20-5-4-17-15(19)12-6-10-7-13(21-2)14(22-3)8-11(10)9-18(12)16(17)23/h7-8,12H,4-6,9H2,1-3H3/t12-/m0/s1. The Morgan fingerprint density at radius 1 is 1.17 bits per heavy atom. The number of hydrogen-bond donors (Lipinski definition) is 0. The van der Waals surface area contributed by atoms with Gasteiger partial charge < -0.3 is 19.1 Å².